The molecule has 1 saturated heterocycles. The SMILES string of the molecule is CCOCCCNC(=O)c1ccc(N2CCOCC2)cc1. The molecule has 1 aromatic carbocycles. The lowest BCUT2D eigenvalue weighted by Crippen LogP contribution is -2.36. The van der Waals surface area contributed by atoms with Crippen molar-refractivity contribution in [2.75, 3.05) is 51.0 Å². The van der Waals surface area contributed by atoms with Gasteiger partial charge in [-0.05, 0) is 37.6 Å². The lowest BCUT2D eigenvalue weighted by Gasteiger charge is -2.28. The van der Waals surface area contributed by atoms with Crippen LogP contribution in [0.2, 0.25) is 0 Å². The van der Waals surface area contributed by atoms with E-state index in [1.54, 1.807) is 0 Å². The average molecular weight is 292 g/mol. The normalized spacial score (nSPS) is 15.0. The van der Waals surface area contributed by atoms with Gasteiger partial charge in [0.1, 0.15) is 0 Å². The minimum absolute atomic E-state index is 0.0278. The number of morpholine rings is 1. The second-order valence-electron chi connectivity index (χ2n) is 4.95. The molecule has 1 aliphatic rings. The zero-order valence-corrected chi connectivity index (χ0v) is 12.6. The van der Waals surface area contributed by atoms with E-state index in [9.17, 15) is 4.79 Å². The van der Waals surface area contributed by atoms with Crippen LogP contribution < -0.4 is 10.2 Å². The van der Waals surface area contributed by atoms with E-state index >= 15 is 0 Å². The number of rotatable bonds is 7. The van der Waals surface area contributed by atoms with Crippen LogP contribution in [-0.4, -0.2) is 52.0 Å². The summed E-state index contributed by atoms with van der Waals surface area (Å²) in [4.78, 5) is 14.3. The lowest BCUT2D eigenvalue weighted by molar-refractivity contribution is 0.0944. The van der Waals surface area contributed by atoms with Crippen molar-refractivity contribution in [2.24, 2.45) is 0 Å². The highest BCUT2D eigenvalue weighted by molar-refractivity contribution is 5.94. The lowest BCUT2D eigenvalue weighted by atomic mass is 10.1. The summed E-state index contributed by atoms with van der Waals surface area (Å²) >= 11 is 0. The van der Waals surface area contributed by atoms with E-state index in [1.165, 1.54) is 0 Å². The molecule has 2 rings (SSSR count). The van der Waals surface area contributed by atoms with Crippen molar-refractivity contribution in [2.45, 2.75) is 13.3 Å². The fraction of sp³-hybridized carbons (Fsp3) is 0.562. The second kappa shape index (κ2) is 8.64. The summed E-state index contributed by atoms with van der Waals surface area (Å²) in [6, 6.07) is 7.76. The largest absolute Gasteiger partial charge is 0.382 e. The van der Waals surface area contributed by atoms with E-state index in [0.29, 0.717) is 18.7 Å². The first-order chi connectivity index (χ1) is 10.3. The predicted octanol–water partition coefficient (Wildman–Crippen LogP) is 1.68. The fourth-order valence-electron chi connectivity index (χ4n) is 2.27. The Labute approximate surface area is 126 Å². The van der Waals surface area contributed by atoms with E-state index in [2.05, 4.69) is 10.2 Å². The fourth-order valence-corrected chi connectivity index (χ4v) is 2.27. The number of benzene rings is 1. The van der Waals surface area contributed by atoms with Crippen LogP contribution in [0.25, 0.3) is 0 Å². The molecule has 0 unspecified atom stereocenters. The molecule has 0 radical (unpaired) electrons. The molecule has 1 fully saturated rings. The Hall–Kier alpha value is -1.59. The monoisotopic (exact) mass is 292 g/mol. The first kappa shape index (κ1) is 15.8. The molecule has 1 heterocycles. The summed E-state index contributed by atoms with van der Waals surface area (Å²) in [7, 11) is 0. The molecule has 1 aromatic rings. The van der Waals surface area contributed by atoms with E-state index < -0.39 is 0 Å². The Bertz CT molecular complexity index is 428. The number of carbonyl (C=O) groups excluding carboxylic acids is 1. The van der Waals surface area contributed by atoms with Crippen LogP contribution in [0.4, 0.5) is 5.69 Å². The molecule has 0 saturated carbocycles. The van der Waals surface area contributed by atoms with Crippen LogP contribution in [0.3, 0.4) is 0 Å². The van der Waals surface area contributed by atoms with Gasteiger partial charge >= 0.3 is 0 Å². The van der Waals surface area contributed by atoms with Crippen molar-refractivity contribution < 1.29 is 14.3 Å². The highest BCUT2D eigenvalue weighted by Crippen LogP contribution is 2.16. The summed E-state index contributed by atoms with van der Waals surface area (Å²) in [6.45, 7) is 7.36. The molecule has 5 heteroatoms. The minimum Gasteiger partial charge on any atom is -0.382 e. The van der Waals surface area contributed by atoms with Gasteiger partial charge in [-0.25, -0.2) is 0 Å². The molecule has 0 bridgehead atoms. The second-order valence-corrected chi connectivity index (χ2v) is 4.95. The van der Waals surface area contributed by atoms with Crippen molar-refractivity contribution >= 4 is 11.6 Å². The van der Waals surface area contributed by atoms with Gasteiger partial charge in [-0.15, -0.1) is 0 Å². The van der Waals surface area contributed by atoms with Gasteiger partial charge in [0.05, 0.1) is 13.2 Å². The predicted molar refractivity (Wildman–Crippen MR) is 82.9 cm³/mol. The van der Waals surface area contributed by atoms with Crippen LogP contribution in [0.1, 0.15) is 23.7 Å². The van der Waals surface area contributed by atoms with Gasteiger partial charge in [0.25, 0.3) is 5.91 Å². The van der Waals surface area contributed by atoms with E-state index in [1.807, 2.05) is 31.2 Å². The zero-order chi connectivity index (χ0) is 14.9. The molecule has 21 heavy (non-hydrogen) atoms. The van der Waals surface area contributed by atoms with Gasteiger partial charge in [-0.2, -0.15) is 0 Å². The topological polar surface area (TPSA) is 50.8 Å². The summed E-state index contributed by atoms with van der Waals surface area (Å²) in [5.41, 5.74) is 1.84. The van der Waals surface area contributed by atoms with Crippen molar-refractivity contribution in [3.05, 3.63) is 29.8 Å². The molecule has 116 valence electrons. The standard InChI is InChI=1S/C16H24N2O3/c1-2-20-11-3-8-17-16(19)14-4-6-15(7-5-14)18-9-12-21-13-10-18/h4-7H,2-3,8-13H2,1H3,(H,17,19). The number of nitrogens with zero attached hydrogens (tertiary/aromatic N) is 1. The van der Waals surface area contributed by atoms with Crippen LogP contribution >= 0.6 is 0 Å². The maximum Gasteiger partial charge on any atom is 0.251 e. The number of amides is 1. The molecule has 0 aliphatic carbocycles. The molecule has 1 aliphatic heterocycles. The molecule has 0 spiro atoms. The third-order valence-corrected chi connectivity index (χ3v) is 3.46. The maximum atomic E-state index is 12.0. The molecule has 5 nitrogen and oxygen atoms in total. The van der Waals surface area contributed by atoms with Gasteiger partial charge < -0.3 is 19.7 Å². The summed E-state index contributed by atoms with van der Waals surface area (Å²) < 4.78 is 10.6. The number of hydrogen-bond acceptors (Lipinski definition) is 4. The van der Waals surface area contributed by atoms with Crippen LogP contribution in [-0.2, 0) is 9.47 Å². The van der Waals surface area contributed by atoms with Crippen molar-refractivity contribution in [1.29, 1.82) is 0 Å². The Morgan fingerprint density at radius 2 is 2.00 bits per heavy atom. The first-order valence-corrected chi connectivity index (χ1v) is 7.60. The van der Waals surface area contributed by atoms with Gasteiger partial charge in [0, 0.05) is 44.1 Å². The van der Waals surface area contributed by atoms with Gasteiger partial charge in [0.15, 0.2) is 0 Å². The van der Waals surface area contributed by atoms with E-state index in [0.717, 1.165) is 45.0 Å². The van der Waals surface area contributed by atoms with E-state index in [4.69, 9.17) is 9.47 Å². The third kappa shape index (κ3) is 5.02. The molecule has 0 aromatic heterocycles. The molecular weight excluding hydrogens is 268 g/mol. The summed E-state index contributed by atoms with van der Waals surface area (Å²) in [6.07, 6.45) is 0.839. The molecule has 1 N–H and O–H groups in total. The third-order valence-electron chi connectivity index (χ3n) is 3.46. The number of ether oxygens (including phenoxy) is 2. The highest BCUT2D eigenvalue weighted by Gasteiger charge is 2.12. The molecular formula is C16H24N2O3. The van der Waals surface area contributed by atoms with Crippen molar-refractivity contribution in [1.82, 2.24) is 5.32 Å². The Morgan fingerprint density at radius 1 is 1.29 bits per heavy atom. The quantitative estimate of drug-likeness (QED) is 0.777. The average Bonchev–Trinajstić information content (AvgIpc) is 2.55. The van der Waals surface area contributed by atoms with Gasteiger partial charge in [-0.3, -0.25) is 4.79 Å². The maximum absolute atomic E-state index is 12.0. The summed E-state index contributed by atoms with van der Waals surface area (Å²) in [5.74, 6) is -0.0278. The number of nitrogens with one attached hydrogen (secondary N) is 1. The Balaban J connectivity index is 1.79. The van der Waals surface area contributed by atoms with Crippen LogP contribution in [0, 0.1) is 0 Å². The summed E-state index contributed by atoms with van der Waals surface area (Å²) in [5, 5.41) is 2.90. The van der Waals surface area contributed by atoms with Gasteiger partial charge in [0.2, 0.25) is 0 Å². The van der Waals surface area contributed by atoms with E-state index in [-0.39, 0.29) is 5.91 Å². The van der Waals surface area contributed by atoms with Crippen LogP contribution in [0.5, 0.6) is 0 Å². The zero-order valence-electron chi connectivity index (χ0n) is 12.6. The van der Waals surface area contributed by atoms with Crippen molar-refractivity contribution in [3.8, 4) is 0 Å². The highest BCUT2D eigenvalue weighted by atomic mass is 16.5. The number of carbonyl (C=O) groups is 1. The Kier molecular flexibility index (Phi) is 6.50. The van der Waals surface area contributed by atoms with Gasteiger partial charge in [-0.1, -0.05) is 0 Å². The Morgan fingerprint density at radius 3 is 2.67 bits per heavy atom. The first-order valence-electron chi connectivity index (χ1n) is 7.60. The minimum atomic E-state index is -0.0278. The molecule has 1 amide bonds. The van der Waals surface area contributed by atoms with Crippen LogP contribution in [0.15, 0.2) is 24.3 Å². The number of hydrogen-bond donors (Lipinski definition) is 1. The van der Waals surface area contributed by atoms with Crippen molar-refractivity contribution in [3.63, 3.8) is 0 Å². The number of anilines is 1. The smallest absolute Gasteiger partial charge is 0.251 e. The molecule has 0 atom stereocenters.